The Balaban J connectivity index is 0.00000162. The number of halogens is 4. The molecular formula is C13H17BrCl2FN. The molecule has 1 aromatic rings. The average molecular weight is 357 g/mol. The van der Waals surface area contributed by atoms with Gasteiger partial charge in [-0.15, -0.1) is 12.4 Å². The van der Waals surface area contributed by atoms with Crippen molar-refractivity contribution in [3.8, 4) is 0 Å². The van der Waals surface area contributed by atoms with Crippen molar-refractivity contribution in [3.05, 3.63) is 33.0 Å². The van der Waals surface area contributed by atoms with Gasteiger partial charge in [-0.25, -0.2) is 4.39 Å². The molecule has 1 aliphatic rings. The summed E-state index contributed by atoms with van der Waals surface area (Å²) in [5, 5.41) is 3.59. The van der Waals surface area contributed by atoms with Crippen LogP contribution in [-0.4, -0.2) is 6.04 Å². The van der Waals surface area contributed by atoms with Crippen LogP contribution in [0.25, 0.3) is 0 Å². The third kappa shape index (κ3) is 4.09. The van der Waals surface area contributed by atoms with Gasteiger partial charge in [0, 0.05) is 22.6 Å². The lowest BCUT2D eigenvalue weighted by molar-refractivity contribution is 0.370. The van der Waals surface area contributed by atoms with Crippen molar-refractivity contribution in [2.75, 3.05) is 0 Å². The zero-order valence-electron chi connectivity index (χ0n) is 10.0. The highest BCUT2D eigenvalue weighted by atomic mass is 79.9. The van der Waals surface area contributed by atoms with Crippen molar-refractivity contribution in [2.45, 2.75) is 44.7 Å². The number of hydrogen-bond donors (Lipinski definition) is 1. The van der Waals surface area contributed by atoms with Crippen molar-refractivity contribution in [1.82, 2.24) is 5.32 Å². The first-order chi connectivity index (χ1) is 8.18. The first-order valence-corrected chi connectivity index (χ1v) is 7.21. The Kier molecular flexibility index (Phi) is 6.93. The maximum Gasteiger partial charge on any atom is 0.147 e. The molecule has 2 rings (SSSR count). The fourth-order valence-corrected chi connectivity index (χ4v) is 2.75. The second-order valence-corrected chi connectivity index (χ2v) is 5.78. The van der Waals surface area contributed by atoms with Crippen LogP contribution in [0.4, 0.5) is 4.39 Å². The zero-order chi connectivity index (χ0) is 12.3. The van der Waals surface area contributed by atoms with Crippen LogP contribution in [0.3, 0.4) is 0 Å². The highest BCUT2D eigenvalue weighted by molar-refractivity contribution is 9.10. The van der Waals surface area contributed by atoms with Crippen molar-refractivity contribution >= 4 is 39.9 Å². The van der Waals surface area contributed by atoms with E-state index in [9.17, 15) is 4.39 Å². The van der Waals surface area contributed by atoms with E-state index < -0.39 is 0 Å². The second kappa shape index (κ2) is 7.68. The van der Waals surface area contributed by atoms with Gasteiger partial charge in [0.05, 0.1) is 5.02 Å². The summed E-state index contributed by atoms with van der Waals surface area (Å²) in [6.45, 7) is 0.559. The summed E-state index contributed by atoms with van der Waals surface area (Å²) in [5.74, 6) is -0.315. The average Bonchev–Trinajstić information content (AvgIpc) is 2.36. The smallest absolute Gasteiger partial charge is 0.147 e. The van der Waals surface area contributed by atoms with Crippen molar-refractivity contribution < 1.29 is 4.39 Å². The number of rotatable bonds is 3. The van der Waals surface area contributed by atoms with Crippen LogP contribution in [0.15, 0.2) is 16.6 Å². The van der Waals surface area contributed by atoms with E-state index >= 15 is 0 Å². The summed E-state index contributed by atoms with van der Waals surface area (Å²) in [6, 6.07) is 4.11. The van der Waals surface area contributed by atoms with Crippen molar-refractivity contribution in [2.24, 2.45) is 0 Å². The van der Waals surface area contributed by atoms with Crippen LogP contribution in [0, 0.1) is 5.82 Å². The quantitative estimate of drug-likeness (QED) is 0.744. The fraction of sp³-hybridized carbons (Fsp3) is 0.538. The summed E-state index contributed by atoms with van der Waals surface area (Å²) in [5.41, 5.74) is 0.642. The summed E-state index contributed by atoms with van der Waals surface area (Å²) in [4.78, 5) is 0. The van der Waals surface area contributed by atoms with Gasteiger partial charge in [-0.1, -0.05) is 36.9 Å². The van der Waals surface area contributed by atoms with Crippen LogP contribution >= 0.6 is 39.9 Å². The maximum absolute atomic E-state index is 13.8. The minimum Gasteiger partial charge on any atom is -0.310 e. The molecule has 1 fully saturated rings. The molecule has 0 heterocycles. The Morgan fingerprint density at radius 3 is 2.61 bits per heavy atom. The van der Waals surface area contributed by atoms with Crippen molar-refractivity contribution in [1.29, 1.82) is 0 Å². The summed E-state index contributed by atoms with van der Waals surface area (Å²) < 4.78 is 14.4. The molecule has 0 spiro atoms. The molecule has 0 aliphatic heterocycles. The molecule has 0 aromatic heterocycles. The molecule has 0 bridgehead atoms. The Hall–Kier alpha value is 0.170. The Morgan fingerprint density at radius 2 is 1.94 bits per heavy atom. The molecule has 0 saturated heterocycles. The van der Waals surface area contributed by atoms with Gasteiger partial charge in [-0.05, 0) is 34.8 Å². The van der Waals surface area contributed by atoms with E-state index in [1.54, 1.807) is 12.1 Å². The molecule has 1 nitrogen and oxygen atoms in total. The summed E-state index contributed by atoms with van der Waals surface area (Å²) in [6.07, 6.45) is 6.29. The maximum atomic E-state index is 13.8. The fourth-order valence-electron chi connectivity index (χ4n) is 2.26. The molecule has 1 N–H and O–H groups in total. The lowest BCUT2D eigenvalue weighted by Crippen LogP contribution is -2.30. The first kappa shape index (κ1) is 16.2. The van der Waals surface area contributed by atoms with Crippen LogP contribution in [0.1, 0.15) is 37.7 Å². The Bertz CT molecular complexity index is 395. The van der Waals surface area contributed by atoms with E-state index in [2.05, 4.69) is 21.2 Å². The SMILES string of the molecule is Cl.Fc1c(CNC2CCCCC2)ccc(Br)c1Cl. The molecule has 102 valence electrons. The Morgan fingerprint density at radius 1 is 1.28 bits per heavy atom. The highest BCUT2D eigenvalue weighted by Crippen LogP contribution is 2.27. The molecule has 18 heavy (non-hydrogen) atoms. The minimum atomic E-state index is -0.315. The van der Waals surface area contributed by atoms with Gasteiger partial charge in [0.15, 0.2) is 0 Å². The van der Waals surface area contributed by atoms with Gasteiger partial charge >= 0.3 is 0 Å². The lowest BCUT2D eigenvalue weighted by atomic mass is 9.95. The highest BCUT2D eigenvalue weighted by Gasteiger charge is 2.14. The first-order valence-electron chi connectivity index (χ1n) is 6.04. The summed E-state index contributed by atoms with van der Waals surface area (Å²) >= 11 is 9.07. The predicted octanol–water partition coefficient (Wildman–Crippen LogP) is 5.09. The van der Waals surface area contributed by atoms with Crippen LogP contribution in [-0.2, 0) is 6.54 Å². The van der Waals surface area contributed by atoms with E-state index in [1.165, 1.54) is 32.1 Å². The molecule has 0 radical (unpaired) electrons. The van der Waals surface area contributed by atoms with Gasteiger partial charge in [-0.3, -0.25) is 0 Å². The third-order valence-corrected chi connectivity index (χ3v) is 4.56. The third-order valence-electron chi connectivity index (χ3n) is 3.30. The predicted molar refractivity (Wildman–Crippen MR) is 80.1 cm³/mol. The monoisotopic (exact) mass is 355 g/mol. The molecule has 1 aromatic carbocycles. The van der Waals surface area contributed by atoms with Crippen LogP contribution in [0.2, 0.25) is 5.02 Å². The topological polar surface area (TPSA) is 12.0 Å². The van der Waals surface area contributed by atoms with Gasteiger partial charge in [0.25, 0.3) is 0 Å². The molecule has 5 heteroatoms. The van der Waals surface area contributed by atoms with Crippen LogP contribution < -0.4 is 5.32 Å². The van der Waals surface area contributed by atoms with Crippen molar-refractivity contribution in [3.63, 3.8) is 0 Å². The van der Waals surface area contributed by atoms with Gasteiger partial charge < -0.3 is 5.32 Å². The number of benzene rings is 1. The van der Waals surface area contributed by atoms with E-state index in [0.717, 1.165) is 0 Å². The molecule has 0 atom stereocenters. The molecular weight excluding hydrogens is 340 g/mol. The molecule has 0 unspecified atom stereocenters. The lowest BCUT2D eigenvalue weighted by Gasteiger charge is -2.23. The van der Waals surface area contributed by atoms with E-state index in [4.69, 9.17) is 11.6 Å². The zero-order valence-corrected chi connectivity index (χ0v) is 13.2. The molecule has 0 amide bonds. The second-order valence-electron chi connectivity index (χ2n) is 4.55. The van der Waals surface area contributed by atoms with E-state index in [-0.39, 0.29) is 23.2 Å². The largest absolute Gasteiger partial charge is 0.310 e. The van der Waals surface area contributed by atoms with E-state index in [0.29, 0.717) is 22.6 Å². The van der Waals surface area contributed by atoms with Gasteiger partial charge in [0.2, 0.25) is 0 Å². The molecule has 1 saturated carbocycles. The standard InChI is InChI=1S/C13H16BrClFN.ClH/c14-11-7-6-9(13(16)12(11)15)8-17-10-4-2-1-3-5-10;/h6-7,10,17H,1-5,8H2;1H. The Labute approximate surface area is 127 Å². The van der Waals surface area contributed by atoms with Gasteiger partial charge in [0.1, 0.15) is 5.82 Å². The van der Waals surface area contributed by atoms with E-state index in [1.807, 2.05) is 0 Å². The van der Waals surface area contributed by atoms with Crippen LogP contribution in [0.5, 0.6) is 0 Å². The minimum absolute atomic E-state index is 0. The van der Waals surface area contributed by atoms with Gasteiger partial charge in [-0.2, -0.15) is 0 Å². The number of nitrogens with one attached hydrogen (secondary N) is 1. The summed E-state index contributed by atoms with van der Waals surface area (Å²) in [7, 11) is 0. The number of hydrogen-bond acceptors (Lipinski definition) is 1. The molecule has 1 aliphatic carbocycles. The normalized spacial score (nSPS) is 16.4.